The van der Waals surface area contributed by atoms with Crippen molar-refractivity contribution in [3.8, 4) is 0 Å². The van der Waals surface area contributed by atoms with Crippen LogP contribution >= 0.6 is 27.3 Å². The maximum Gasteiger partial charge on any atom is 0.0796 e. The molecule has 1 nitrogen and oxygen atoms in total. The van der Waals surface area contributed by atoms with Gasteiger partial charge < -0.3 is 5.11 Å². The summed E-state index contributed by atoms with van der Waals surface area (Å²) in [6, 6.07) is 8.09. The average Bonchev–Trinajstić information content (AvgIpc) is 2.82. The Bertz CT molecular complexity index is 479. The van der Waals surface area contributed by atoms with Gasteiger partial charge in [0.25, 0.3) is 0 Å². The van der Waals surface area contributed by atoms with Crippen molar-refractivity contribution in [1.82, 2.24) is 0 Å². The van der Waals surface area contributed by atoms with Crippen molar-refractivity contribution in [2.24, 2.45) is 0 Å². The molecule has 1 heterocycles. The number of rotatable bonds is 4. The van der Waals surface area contributed by atoms with Gasteiger partial charge in [0.05, 0.1) is 6.10 Å². The molecule has 1 aromatic heterocycles. The Hall–Kier alpha value is -0.640. The Morgan fingerprint density at radius 2 is 2.18 bits per heavy atom. The average molecular weight is 311 g/mol. The lowest BCUT2D eigenvalue weighted by Crippen LogP contribution is -2.02. The van der Waals surface area contributed by atoms with Gasteiger partial charge in [0.2, 0.25) is 0 Å². The zero-order valence-electron chi connectivity index (χ0n) is 9.69. The molecule has 17 heavy (non-hydrogen) atoms. The molecule has 0 radical (unpaired) electrons. The number of benzene rings is 1. The van der Waals surface area contributed by atoms with Crippen LogP contribution < -0.4 is 0 Å². The largest absolute Gasteiger partial charge is 0.388 e. The van der Waals surface area contributed by atoms with Crippen molar-refractivity contribution < 1.29 is 5.11 Å². The third kappa shape index (κ3) is 3.18. The fraction of sp³-hybridized carbons (Fsp3) is 0.286. The van der Waals surface area contributed by atoms with Crippen LogP contribution in [0.1, 0.15) is 29.2 Å². The number of halogens is 1. The van der Waals surface area contributed by atoms with Gasteiger partial charge in [0.1, 0.15) is 0 Å². The molecule has 1 N–H and O–H groups in total. The van der Waals surface area contributed by atoms with Gasteiger partial charge in [-0.25, -0.2) is 0 Å². The Kier molecular flexibility index (Phi) is 4.37. The van der Waals surface area contributed by atoms with Crippen LogP contribution in [0.4, 0.5) is 0 Å². The van der Waals surface area contributed by atoms with Crippen LogP contribution in [0.15, 0.2) is 39.5 Å². The van der Waals surface area contributed by atoms with Crippen LogP contribution in [-0.2, 0) is 6.42 Å². The molecule has 0 fully saturated rings. The third-order valence-electron chi connectivity index (χ3n) is 2.96. The molecule has 0 bridgehead atoms. The van der Waals surface area contributed by atoms with Crippen LogP contribution in [0.25, 0.3) is 0 Å². The molecule has 2 rings (SSSR count). The van der Waals surface area contributed by atoms with E-state index < -0.39 is 0 Å². The standard InChI is InChI=1S/C14H15BrOS/c1-10-12(3-2-4-13(10)15)14(16)6-5-11-7-8-17-9-11/h2-4,7-9,14,16H,5-6H2,1H3. The fourth-order valence-electron chi connectivity index (χ4n) is 1.88. The van der Waals surface area contributed by atoms with E-state index >= 15 is 0 Å². The summed E-state index contributed by atoms with van der Waals surface area (Å²) in [6.45, 7) is 2.03. The molecule has 0 spiro atoms. The highest BCUT2D eigenvalue weighted by Crippen LogP contribution is 2.27. The molecule has 1 atom stereocenters. The fourth-order valence-corrected chi connectivity index (χ4v) is 2.96. The lowest BCUT2D eigenvalue weighted by molar-refractivity contribution is 0.167. The maximum atomic E-state index is 10.2. The van der Waals surface area contributed by atoms with Crippen molar-refractivity contribution in [2.45, 2.75) is 25.9 Å². The highest BCUT2D eigenvalue weighted by atomic mass is 79.9. The molecule has 90 valence electrons. The predicted octanol–water partition coefficient (Wildman–Crippen LogP) is 4.49. The summed E-state index contributed by atoms with van der Waals surface area (Å²) in [5.41, 5.74) is 3.46. The molecule has 0 saturated heterocycles. The van der Waals surface area contributed by atoms with Crippen molar-refractivity contribution in [1.29, 1.82) is 0 Å². The second-order valence-electron chi connectivity index (χ2n) is 4.14. The predicted molar refractivity (Wildman–Crippen MR) is 76.5 cm³/mol. The van der Waals surface area contributed by atoms with Crippen LogP contribution in [0.5, 0.6) is 0 Å². The van der Waals surface area contributed by atoms with E-state index in [-0.39, 0.29) is 6.10 Å². The van der Waals surface area contributed by atoms with E-state index in [0.29, 0.717) is 0 Å². The second-order valence-corrected chi connectivity index (χ2v) is 5.77. The zero-order valence-corrected chi connectivity index (χ0v) is 12.1. The minimum Gasteiger partial charge on any atom is -0.388 e. The summed E-state index contributed by atoms with van der Waals surface area (Å²) >= 11 is 5.20. The van der Waals surface area contributed by atoms with Crippen molar-refractivity contribution in [3.63, 3.8) is 0 Å². The first-order chi connectivity index (χ1) is 8.18. The topological polar surface area (TPSA) is 20.2 Å². The Morgan fingerprint density at radius 3 is 2.88 bits per heavy atom. The quantitative estimate of drug-likeness (QED) is 0.882. The molecule has 1 aromatic carbocycles. The highest BCUT2D eigenvalue weighted by Gasteiger charge is 2.11. The van der Waals surface area contributed by atoms with Crippen molar-refractivity contribution >= 4 is 27.3 Å². The van der Waals surface area contributed by atoms with E-state index in [1.165, 1.54) is 5.56 Å². The Morgan fingerprint density at radius 1 is 1.35 bits per heavy atom. The first-order valence-electron chi connectivity index (χ1n) is 5.62. The molecule has 3 heteroatoms. The third-order valence-corrected chi connectivity index (χ3v) is 4.55. The van der Waals surface area contributed by atoms with Gasteiger partial charge in [-0.15, -0.1) is 0 Å². The van der Waals surface area contributed by atoms with Gasteiger partial charge in [-0.3, -0.25) is 0 Å². The summed E-state index contributed by atoms with van der Waals surface area (Å²) < 4.78 is 1.06. The van der Waals surface area contributed by atoms with Crippen LogP contribution in [-0.4, -0.2) is 5.11 Å². The van der Waals surface area contributed by atoms with E-state index in [0.717, 1.165) is 28.4 Å². The van der Waals surface area contributed by atoms with Crippen molar-refractivity contribution in [3.05, 3.63) is 56.2 Å². The number of hydrogen-bond acceptors (Lipinski definition) is 2. The molecular formula is C14H15BrOS. The molecule has 0 aliphatic rings. The van der Waals surface area contributed by atoms with Gasteiger partial charge in [-0.1, -0.05) is 28.1 Å². The van der Waals surface area contributed by atoms with Crippen LogP contribution in [0.2, 0.25) is 0 Å². The second kappa shape index (κ2) is 5.80. The van der Waals surface area contributed by atoms with Gasteiger partial charge in [0.15, 0.2) is 0 Å². The summed E-state index contributed by atoms with van der Waals surface area (Å²) in [7, 11) is 0. The molecule has 2 aromatic rings. The van der Waals surface area contributed by atoms with Gasteiger partial charge in [-0.2, -0.15) is 11.3 Å². The molecule has 0 saturated carbocycles. The first kappa shape index (κ1) is 12.8. The van der Waals surface area contributed by atoms with Gasteiger partial charge in [-0.05, 0) is 59.3 Å². The molecular weight excluding hydrogens is 296 g/mol. The molecule has 0 amide bonds. The maximum absolute atomic E-state index is 10.2. The Labute approximate surface area is 114 Å². The summed E-state index contributed by atoms with van der Waals surface area (Å²) in [5.74, 6) is 0. The monoisotopic (exact) mass is 310 g/mol. The number of hydrogen-bond donors (Lipinski definition) is 1. The summed E-state index contributed by atoms with van der Waals surface area (Å²) in [6.07, 6.45) is 1.32. The summed E-state index contributed by atoms with van der Waals surface area (Å²) in [4.78, 5) is 0. The summed E-state index contributed by atoms with van der Waals surface area (Å²) in [5, 5.41) is 14.4. The number of aliphatic hydroxyl groups is 1. The van der Waals surface area contributed by atoms with E-state index in [2.05, 4.69) is 32.8 Å². The zero-order chi connectivity index (χ0) is 12.3. The smallest absolute Gasteiger partial charge is 0.0796 e. The van der Waals surface area contributed by atoms with E-state index in [9.17, 15) is 5.11 Å². The normalized spacial score (nSPS) is 12.6. The van der Waals surface area contributed by atoms with E-state index in [1.54, 1.807) is 11.3 Å². The lowest BCUT2D eigenvalue weighted by atomic mass is 9.99. The number of aryl methyl sites for hydroxylation is 1. The van der Waals surface area contributed by atoms with Crippen LogP contribution in [0.3, 0.4) is 0 Å². The molecule has 0 aliphatic heterocycles. The van der Waals surface area contributed by atoms with E-state index in [4.69, 9.17) is 0 Å². The van der Waals surface area contributed by atoms with E-state index in [1.807, 2.05) is 25.1 Å². The Balaban J connectivity index is 2.04. The number of thiophene rings is 1. The first-order valence-corrected chi connectivity index (χ1v) is 7.36. The molecule has 0 aliphatic carbocycles. The van der Waals surface area contributed by atoms with Crippen LogP contribution in [0, 0.1) is 6.92 Å². The lowest BCUT2D eigenvalue weighted by Gasteiger charge is -2.14. The van der Waals surface area contributed by atoms with Gasteiger partial charge >= 0.3 is 0 Å². The number of aliphatic hydroxyl groups excluding tert-OH is 1. The van der Waals surface area contributed by atoms with Crippen molar-refractivity contribution in [2.75, 3.05) is 0 Å². The minimum absolute atomic E-state index is 0.382. The van der Waals surface area contributed by atoms with Gasteiger partial charge in [0, 0.05) is 4.47 Å². The SMILES string of the molecule is Cc1c(Br)cccc1C(O)CCc1ccsc1. The highest BCUT2D eigenvalue weighted by molar-refractivity contribution is 9.10. The minimum atomic E-state index is -0.382. The molecule has 1 unspecified atom stereocenters.